The van der Waals surface area contributed by atoms with E-state index in [9.17, 15) is 0 Å². The zero-order chi connectivity index (χ0) is 12.8. The minimum absolute atomic E-state index is 0.153. The summed E-state index contributed by atoms with van der Waals surface area (Å²) in [5.41, 5.74) is 4.09. The lowest BCUT2D eigenvalue weighted by molar-refractivity contribution is 0.613. The molecular weight excluding hydrogens is 242 g/mol. The molecule has 0 amide bonds. The second-order valence-corrected chi connectivity index (χ2v) is 5.39. The molecule has 0 aliphatic carbocycles. The summed E-state index contributed by atoms with van der Waals surface area (Å²) in [5, 5.41) is 2.39. The molecule has 2 aromatic rings. The van der Waals surface area contributed by atoms with E-state index in [1.54, 1.807) is 0 Å². The molecule has 1 atom stereocenters. The largest absolute Gasteiger partial charge is 0.271 e. The van der Waals surface area contributed by atoms with Crippen LogP contribution in [0.4, 0.5) is 0 Å². The van der Waals surface area contributed by atoms with Crippen molar-refractivity contribution in [3.05, 3.63) is 42.2 Å². The van der Waals surface area contributed by atoms with Crippen molar-refractivity contribution in [2.24, 2.45) is 5.84 Å². The second kappa shape index (κ2) is 6.73. The van der Waals surface area contributed by atoms with Gasteiger partial charge >= 0.3 is 0 Å². The van der Waals surface area contributed by atoms with Crippen molar-refractivity contribution < 1.29 is 0 Å². The van der Waals surface area contributed by atoms with Crippen LogP contribution in [0.2, 0.25) is 0 Å². The molecule has 4 heteroatoms. The monoisotopic (exact) mass is 261 g/mol. The maximum absolute atomic E-state index is 5.69. The Morgan fingerprint density at radius 2 is 2.17 bits per heavy atom. The highest BCUT2D eigenvalue weighted by Gasteiger charge is 2.12. The minimum Gasteiger partial charge on any atom is -0.271 e. The second-order valence-electron chi connectivity index (χ2n) is 4.24. The Kier molecular flexibility index (Phi) is 4.99. The number of thioether (sulfide) groups is 1. The smallest absolute Gasteiger partial charge is 0.0571 e. The molecule has 2 rings (SSSR count). The van der Waals surface area contributed by atoms with Gasteiger partial charge in [-0.1, -0.05) is 31.2 Å². The van der Waals surface area contributed by atoms with Gasteiger partial charge in [-0.15, -0.1) is 0 Å². The van der Waals surface area contributed by atoms with Gasteiger partial charge in [0.25, 0.3) is 0 Å². The fourth-order valence-electron chi connectivity index (χ4n) is 1.99. The molecule has 0 fully saturated rings. The first kappa shape index (κ1) is 13.3. The van der Waals surface area contributed by atoms with Crippen LogP contribution in [-0.4, -0.2) is 16.5 Å². The number of rotatable bonds is 6. The SMILES string of the molecule is CCCSCC(NN)c1cncc2ccccc12. The first-order valence-corrected chi connectivity index (χ1v) is 7.38. The molecule has 0 bridgehead atoms. The fraction of sp³-hybridized carbons (Fsp3) is 0.357. The Labute approximate surface area is 112 Å². The lowest BCUT2D eigenvalue weighted by Gasteiger charge is -2.17. The molecule has 0 aliphatic rings. The third-order valence-corrected chi connectivity index (χ3v) is 4.17. The van der Waals surface area contributed by atoms with Crippen LogP contribution in [0, 0.1) is 0 Å². The van der Waals surface area contributed by atoms with Crippen molar-refractivity contribution in [2.75, 3.05) is 11.5 Å². The summed E-state index contributed by atoms with van der Waals surface area (Å²) < 4.78 is 0. The molecule has 0 radical (unpaired) electrons. The van der Waals surface area contributed by atoms with Crippen molar-refractivity contribution >= 4 is 22.5 Å². The van der Waals surface area contributed by atoms with Gasteiger partial charge in [0.2, 0.25) is 0 Å². The molecule has 3 N–H and O–H groups in total. The number of hydrogen-bond donors (Lipinski definition) is 2. The average molecular weight is 261 g/mol. The van der Waals surface area contributed by atoms with Crippen LogP contribution in [-0.2, 0) is 0 Å². The lowest BCUT2D eigenvalue weighted by atomic mass is 10.0. The third kappa shape index (κ3) is 3.02. The molecule has 96 valence electrons. The van der Waals surface area contributed by atoms with Gasteiger partial charge in [-0.05, 0) is 23.1 Å². The van der Waals surface area contributed by atoms with E-state index < -0.39 is 0 Å². The van der Waals surface area contributed by atoms with E-state index in [1.807, 2.05) is 30.2 Å². The van der Waals surface area contributed by atoms with Crippen molar-refractivity contribution in [3.8, 4) is 0 Å². The summed E-state index contributed by atoms with van der Waals surface area (Å²) in [6.45, 7) is 2.19. The summed E-state index contributed by atoms with van der Waals surface area (Å²) in [6, 6.07) is 8.45. The van der Waals surface area contributed by atoms with Gasteiger partial charge in [0.05, 0.1) is 6.04 Å². The zero-order valence-electron chi connectivity index (χ0n) is 10.6. The number of benzene rings is 1. The molecule has 0 aliphatic heterocycles. The van der Waals surface area contributed by atoms with Crippen LogP contribution < -0.4 is 11.3 Å². The number of aromatic nitrogens is 1. The summed E-state index contributed by atoms with van der Waals surface area (Å²) in [6.07, 6.45) is 5.00. The highest BCUT2D eigenvalue weighted by molar-refractivity contribution is 7.99. The zero-order valence-corrected chi connectivity index (χ0v) is 11.4. The number of hydrazine groups is 1. The summed E-state index contributed by atoms with van der Waals surface area (Å²) in [4.78, 5) is 4.31. The quantitative estimate of drug-likeness (QED) is 0.477. The van der Waals surface area contributed by atoms with Crippen LogP contribution in [0.1, 0.15) is 24.9 Å². The van der Waals surface area contributed by atoms with Crippen LogP contribution in [0.15, 0.2) is 36.7 Å². The first-order chi connectivity index (χ1) is 8.86. The normalized spacial score (nSPS) is 12.8. The number of nitrogens with two attached hydrogens (primary N) is 1. The molecule has 3 nitrogen and oxygen atoms in total. The van der Waals surface area contributed by atoms with Crippen molar-refractivity contribution in [1.82, 2.24) is 10.4 Å². The van der Waals surface area contributed by atoms with E-state index in [4.69, 9.17) is 5.84 Å². The molecule has 0 saturated heterocycles. The van der Waals surface area contributed by atoms with Gasteiger partial charge in [-0.3, -0.25) is 16.3 Å². The highest BCUT2D eigenvalue weighted by atomic mass is 32.2. The minimum atomic E-state index is 0.153. The Hall–Kier alpha value is -1.10. The standard InChI is InChI=1S/C14H19N3S/c1-2-7-18-10-14(17-15)13-9-16-8-11-5-3-4-6-12(11)13/h3-6,8-9,14,17H,2,7,10,15H2,1H3. The fourth-order valence-corrected chi connectivity index (χ4v) is 2.96. The summed E-state index contributed by atoms with van der Waals surface area (Å²) >= 11 is 1.92. The third-order valence-electron chi connectivity index (χ3n) is 2.91. The van der Waals surface area contributed by atoms with Gasteiger partial charge in [0.15, 0.2) is 0 Å². The number of nitrogens with one attached hydrogen (secondary N) is 1. The van der Waals surface area contributed by atoms with Crippen LogP contribution in [0.25, 0.3) is 10.8 Å². The average Bonchev–Trinajstić information content (AvgIpc) is 2.43. The van der Waals surface area contributed by atoms with E-state index in [0.29, 0.717) is 0 Å². The Morgan fingerprint density at radius 1 is 1.33 bits per heavy atom. The predicted octanol–water partition coefficient (Wildman–Crippen LogP) is 2.88. The maximum atomic E-state index is 5.69. The molecule has 0 saturated carbocycles. The lowest BCUT2D eigenvalue weighted by Crippen LogP contribution is -2.30. The molecular formula is C14H19N3S. The van der Waals surface area contributed by atoms with Crippen LogP contribution in [0.5, 0.6) is 0 Å². The Morgan fingerprint density at radius 3 is 2.94 bits per heavy atom. The molecule has 1 unspecified atom stereocenters. The number of hydrogen-bond acceptors (Lipinski definition) is 4. The first-order valence-electron chi connectivity index (χ1n) is 6.23. The molecule has 1 aromatic carbocycles. The number of fused-ring (bicyclic) bond motifs is 1. The van der Waals surface area contributed by atoms with E-state index in [1.165, 1.54) is 17.4 Å². The van der Waals surface area contributed by atoms with Gasteiger partial charge in [0.1, 0.15) is 0 Å². The molecule has 18 heavy (non-hydrogen) atoms. The van der Waals surface area contributed by atoms with E-state index in [0.717, 1.165) is 16.9 Å². The summed E-state index contributed by atoms with van der Waals surface area (Å²) in [7, 11) is 0. The van der Waals surface area contributed by atoms with Gasteiger partial charge < -0.3 is 0 Å². The summed E-state index contributed by atoms with van der Waals surface area (Å²) in [5.74, 6) is 7.82. The van der Waals surface area contributed by atoms with Crippen LogP contribution in [0.3, 0.4) is 0 Å². The van der Waals surface area contributed by atoms with Crippen molar-refractivity contribution in [1.29, 1.82) is 0 Å². The van der Waals surface area contributed by atoms with E-state index in [2.05, 4.69) is 35.5 Å². The molecule has 1 aromatic heterocycles. The van der Waals surface area contributed by atoms with Crippen molar-refractivity contribution in [3.63, 3.8) is 0 Å². The van der Waals surface area contributed by atoms with Crippen LogP contribution >= 0.6 is 11.8 Å². The Balaban J connectivity index is 2.27. The van der Waals surface area contributed by atoms with Crippen molar-refractivity contribution in [2.45, 2.75) is 19.4 Å². The number of nitrogens with zero attached hydrogens (tertiary/aromatic N) is 1. The topological polar surface area (TPSA) is 50.9 Å². The number of pyridine rings is 1. The highest BCUT2D eigenvalue weighted by Crippen LogP contribution is 2.25. The predicted molar refractivity (Wildman–Crippen MR) is 79.4 cm³/mol. The Bertz CT molecular complexity index is 496. The maximum Gasteiger partial charge on any atom is 0.0571 e. The van der Waals surface area contributed by atoms with Gasteiger partial charge in [-0.25, -0.2) is 0 Å². The van der Waals surface area contributed by atoms with E-state index in [-0.39, 0.29) is 6.04 Å². The van der Waals surface area contributed by atoms with Gasteiger partial charge in [0, 0.05) is 23.5 Å². The van der Waals surface area contributed by atoms with Gasteiger partial charge in [-0.2, -0.15) is 11.8 Å². The molecule has 0 spiro atoms. The van der Waals surface area contributed by atoms with E-state index >= 15 is 0 Å². The molecule has 1 heterocycles.